The van der Waals surface area contributed by atoms with Crippen molar-refractivity contribution < 1.29 is 37.1 Å². The normalized spacial score (nSPS) is 26.4. The molecule has 2 aliphatic heterocycles. The zero-order chi connectivity index (χ0) is 39.6. The molecule has 8 rings (SSSR count). The first kappa shape index (κ1) is 39.0. The Labute approximate surface area is 338 Å². The Morgan fingerprint density at radius 2 is 1.65 bits per heavy atom. The van der Waals surface area contributed by atoms with E-state index in [1.807, 2.05) is 53.9 Å². The number of hydrogen-bond donors (Lipinski definition) is 3. The van der Waals surface area contributed by atoms with Gasteiger partial charge in [-0.05, 0) is 86.4 Å². The summed E-state index contributed by atoms with van der Waals surface area (Å²) in [5.74, 6) is -2.20. The lowest BCUT2D eigenvalue weighted by atomic mass is 10.0. The van der Waals surface area contributed by atoms with E-state index in [4.69, 9.17) is 19.4 Å². The standard InChI is InChI=1S/C40H44N6O8S3/c47-35-31-22-27(53-36-34(32-18-10-20-55-32)41-28-15-8-9-16-29(28)42-36)24-46(31)37(48)30(43-39(50)54-26-13-6-7-14-26)17-5-3-1-2-4-12-25-23-40(25,44-35)38(49)45-57(51,52)33-19-11-21-56-33/h4,8-12,15-16,18-21,25-27,30-31H,1-3,5-7,13-14,17,22-24H2,(H,43,50)(H,44,47)(H,45,49)/b12-4+/t25?,27-,30-,31+,40-/m1/s1. The highest BCUT2D eigenvalue weighted by atomic mass is 32.2. The van der Waals surface area contributed by atoms with Crippen molar-refractivity contribution in [3.63, 3.8) is 0 Å². The summed E-state index contributed by atoms with van der Waals surface area (Å²) in [5.41, 5.74) is 0.245. The Morgan fingerprint density at radius 1 is 0.895 bits per heavy atom. The number of amides is 4. The van der Waals surface area contributed by atoms with Crippen LogP contribution in [0.15, 0.2) is 75.7 Å². The molecule has 3 aromatic heterocycles. The summed E-state index contributed by atoms with van der Waals surface area (Å²) in [6, 6.07) is 12.1. The van der Waals surface area contributed by atoms with Crippen LogP contribution in [0, 0.1) is 5.92 Å². The largest absolute Gasteiger partial charge is 0.471 e. The molecule has 17 heteroatoms. The summed E-state index contributed by atoms with van der Waals surface area (Å²) >= 11 is 2.45. The fourth-order valence-corrected chi connectivity index (χ4v) is 10.7. The Morgan fingerprint density at radius 3 is 2.40 bits per heavy atom. The zero-order valence-electron chi connectivity index (χ0n) is 31.1. The zero-order valence-corrected chi connectivity index (χ0v) is 33.6. The van der Waals surface area contributed by atoms with Gasteiger partial charge in [-0.3, -0.25) is 14.4 Å². The third-order valence-corrected chi connectivity index (χ3v) is 14.7. The highest BCUT2D eigenvalue weighted by molar-refractivity contribution is 7.92. The second kappa shape index (κ2) is 16.5. The molecular weight excluding hydrogens is 789 g/mol. The van der Waals surface area contributed by atoms with E-state index in [0.29, 0.717) is 36.0 Å². The summed E-state index contributed by atoms with van der Waals surface area (Å²) in [6.07, 6.45) is 9.05. The first-order valence-electron chi connectivity index (χ1n) is 19.4. The lowest BCUT2D eigenvalue weighted by Gasteiger charge is -2.30. The van der Waals surface area contributed by atoms with Crippen LogP contribution in [0.4, 0.5) is 4.79 Å². The van der Waals surface area contributed by atoms with Gasteiger partial charge in [0.2, 0.25) is 17.7 Å². The first-order chi connectivity index (χ1) is 27.6. The Bertz CT molecular complexity index is 2260. The molecule has 1 unspecified atom stereocenters. The van der Waals surface area contributed by atoms with Crippen LogP contribution in [0.25, 0.3) is 21.6 Å². The third kappa shape index (κ3) is 8.55. The number of rotatable bonds is 8. The van der Waals surface area contributed by atoms with Crippen LogP contribution < -0.4 is 20.1 Å². The molecule has 14 nitrogen and oxygen atoms in total. The molecule has 1 saturated heterocycles. The molecule has 4 amide bonds. The lowest BCUT2D eigenvalue weighted by molar-refractivity contribution is -0.141. The van der Waals surface area contributed by atoms with Gasteiger partial charge in [0, 0.05) is 12.3 Å². The molecule has 4 aromatic rings. The first-order valence-corrected chi connectivity index (χ1v) is 22.7. The van der Waals surface area contributed by atoms with Crippen molar-refractivity contribution in [3.05, 3.63) is 71.4 Å². The van der Waals surface area contributed by atoms with Crippen LogP contribution in [0.2, 0.25) is 0 Å². The average Bonchev–Trinajstić information content (AvgIpc) is 3.89. The maximum absolute atomic E-state index is 14.7. The fourth-order valence-electron chi connectivity index (χ4n) is 7.98. The number of allylic oxidation sites excluding steroid dienone is 1. The Hall–Kier alpha value is -4.87. The minimum Gasteiger partial charge on any atom is -0.471 e. The van der Waals surface area contributed by atoms with Gasteiger partial charge in [0.25, 0.3) is 15.9 Å². The molecule has 0 radical (unpaired) electrons. The van der Waals surface area contributed by atoms with E-state index in [1.165, 1.54) is 22.3 Å². The molecule has 3 fully saturated rings. The smallest absolute Gasteiger partial charge is 0.408 e. The van der Waals surface area contributed by atoms with Crippen molar-refractivity contribution in [2.45, 2.75) is 105 Å². The van der Waals surface area contributed by atoms with Crippen LogP contribution in [0.5, 0.6) is 5.88 Å². The molecule has 57 heavy (non-hydrogen) atoms. The number of aromatic nitrogens is 2. The summed E-state index contributed by atoms with van der Waals surface area (Å²) in [5, 5.41) is 9.23. The number of carbonyl (C=O) groups excluding carboxylic acids is 4. The van der Waals surface area contributed by atoms with Crippen LogP contribution in [0.3, 0.4) is 0 Å². The van der Waals surface area contributed by atoms with Crippen molar-refractivity contribution >= 4 is 67.5 Å². The average molecular weight is 833 g/mol. The quantitative estimate of drug-likeness (QED) is 0.186. The Balaban J connectivity index is 1.11. The summed E-state index contributed by atoms with van der Waals surface area (Å²) in [7, 11) is -4.20. The number of benzene rings is 1. The Kier molecular flexibility index (Phi) is 11.3. The second-order valence-corrected chi connectivity index (χ2v) is 18.8. The van der Waals surface area contributed by atoms with Gasteiger partial charge in [-0.15, -0.1) is 22.7 Å². The lowest BCUT2D eigenvalue weighted by Crippen LogP contribution is -2.58. The minimum atomic E-state index is -4.20. The van der Waals surface area contributed by atoms with E-state index >= 15 is 0 Å². The van der Waals surface area contributed by atoms with E-state index in [1.54, 1.807) is 11.4 Å². The van der Waals surface area contributed by atoms with Gasteiger partial charge in [-0.25, -0.2) is 27.9 Å². The van der Waals surface area contributed by atoms with Crippen LogP contribution >= 0.6 is 22.7 Å². The van der Waals surface area contributed by atoms with Crippen molar-refractivity contribution in [1.82, 2.24) is 30.2 Å². The van der Waals surface area contributed by atoms with Crippen molar-refractivity contribution in [2.75, 3.05) is 6.54 Å². The molecule has 4 aliphatic rings. The van der Waals surface area contributed by atoms with E-state index in [9.17, 15) is 27.6 Å². The topological polar surface area (TPSA) is 186 Å². The summed E-state index contributed by atoms with van der Waals surface area (Å²) < 4.78 is 40.8. The molecule has 1 aromatic carbocycles. The van der Waals surface area contributed by atoms with Gasteiger partial charge in [0.05, 0.1) is 22.5 Å². The molecule has 300 valence electrons. The van der Waals surface area contributed by atoms with Gasteiger partial charge in [-0.1, -0.05) is 49.3 Å². The third-order valence-electron chi connectivity index (χ3n) is 11.1. The number of fused-ring (bicyclic) bond motifs is 3. The van der Waals surface area contributed by atoms with E-state index in [-0.39, 0.29) is 35.6 Å². The van der Waals surface area contributed by atoms with Crippen LogP contribution in [-0.2, 0) is 29.1 Å². The highest BCUT2D eigenvalue weighted by Gasteiger charge is 2.61. The number of carbonyl (C=O) groups is 4. The van der Waals surface area contributed by atoms with Crippen molar-refractivity contribution in [3.8, 4) is 16.5 Å². The molecule has 5 heterocycles. The number of nitrogens with one attached hydrogen (secondary N) is 3. The summed E-state index contributed by atoms with van der Waals surface area (Å²) in [4.78, 5) is 68.2. The minimum absolute atomic E-state index is 0.0273. The van der Waals surface area contributed by atoms with E-state index in [0.717, 1.165) is 54.7 Å². The number of hydrogen-bond acceptors (Lipinski definition) is 12. The van der Waals surface area contributed by atoms with Crippen LogP contribution in [-0.4, -0.2) is 83.5 Å². The van der Waals surface area contributed by atoms with Crippen molar-refractivity contribution in [2.24, 2.45) is 5.92 Å². The molecule has 2 aliphatic carbocycles. The van der Waals surface area contributed by atoms with E-state index in [2.05, 4.69) is 15.4 Å². The van der Waals surface area contributed by atoms with Gasteiger partial charge >= 0.3 is 6.09 Å². The van der Waals surface area contributed by atoms with Crippen LogP contribution in [0.1, 0.15) is 70.6 Å². The van der Waals surface area contributed by atoms with Gasteiger partial charge in [0.15, 0.2) is 0 Å². The molecular formula is C40H44N6O8S3. The number of sulfonamides is 1. The van der Waals surface area contributed by atoms with Gasteiger partial charge in [0.1, 0.15) is 39.7 Å². The maximum Gasteiger partial charge on any atom is 0.408 e. The number of thiophene rings is 2. The predicted molar refractivity (Wildman–Crippen MR) is 214 cm³/mol. The molecule has 3 N–H and O–H groups in total. The second-order valence-electron chi connectivity index (χ2n) is 15.0. The summed E-state index contributed by atoms with van der Waals surface area (Å²) in [6.45, 7) is -0.0273. The molecule has 0 bridgehead atoms. The highest BCUT2D eigenvalue weighted by Crippen LogP contribution is 2.46. The number of para-hydroxylation sites is 2. The van der Waals surface area contributed by atoms with Gasteiger partial charge < -0.3 is 25.0 Å². The number of nitrogens with zero attached hydrogens (tertiary/aromatic N) is 3. The fraction of sp³-hybridized carbons (Fsp3) is 0.450. The van der Waals surface area contributed by atoms with Gasteiger partial charge in [-0.2, -0.15) is 0 Å². The number of ether oxygens (including phenoxy) is 2. The number of alkyl carbamates (subject to hydrolysis) is 1. The monoisotopic (exact) mass is 832 g/mol. The molecule has 5 atom stereocenters. The molecule has 0 spiro atoms. The molecule has 2 saturated carbocycles. The maximum atomic E-state index is 14.7. The van der Waals surface area contributed by atoms with Crippen molar-refractivity contribution in [1.29, 1.82) is 0 Å². The predicted octanol–water partition coefficient (Wildman–Crippen LogP) is 5.71. The SMILES string of the molecule is O=C(N[C@@H]1CCCCC/C=C/C2C[C@@]2(C(=O)NS(=O)(=O)c2cccs2)NC(=O)[C@@H]2C[C@@H](Oc3nc4ccccc4nc3-c3cccs3)CN2C1=O)OC1CCCC1. The van der Waals surface area contributed by atoms with E-state index < -0.39 is 63.5 Å².